The number of aryl methyl sites for hydroxylation is 2. The lowest BCUT2D eigenvalue weighted by atomic mass is 9.86. The van der Waals surface area contributed by atoms with Crippen molar-refractivity contribution in [3.8, 4) is 11.1 Å². The average molecular weight is 473 g/mol. The molecule has 3 aromatic rings. The number of piperidine rings is 1. The van der Waals surface area contributed by atoms with Gasteiger partial charge in [0.2, 0.25) is 5.95 Å². The van der Waals surface area contributed by atoms with Gasteiger partial charge >= 0.3 is 6.09 Å². The number of ether oxygens (including phenoxy) is 1. The Labute approximate surface area is 208 Å². The molecular weight excluding hydrogens is 436 g/mol. The first-order chi connectivity index (χ1) is 16.8. The van der Waals surface area contributed by atoms with Crippen LogP contribution in [0, 0.1) is 6.92 Å². The molecule has 0 spiro atoms. The smallest absolute Gasteiger partial charge is 0.410 e. The van der Waals surface area contributed by atoms with Gasteiger partial charge in [-0.3, -0.25) is 0 Å². The second kappa shape index (κ2) is 9.48. The van der Waals surface area contributed by atoms with Gasteiger partial charge in [-0.25, -0.2) is 14.8 Å². The van der Waals surface area contributed by atoms with E-state index in [9.17, 15) is 4.79 Å². The van der Waals surface area contributed by atoms with Gasteiger partial charge in [0.15, 0.2) is 0 Å². The molecule has 1 saturated heterocycles. The van der Waals surface area contributed by atoms with Crippen LogP contribution in [-0.4, -0.2) is 45.7 Å². The van der Waals surface area contributed by atoms with E-state index in [4.69, 9.17) is 14.7 Å². The van der Waals surface area contributed by atoms with E-state index in [0.29, 0.717) is 19.0 Å². The molecule has 35 heavy (non-hydrogen) atoms. The van der Waals surface area contributed by atoms with Crippen LogP contribution in [0.1, 0.15) is 63.3 Å². The third-order valence-corrected chi connectivity index (χ3v) is 7.07. The Morgan fingerprint density at radius 1 is 1.06 bits per heavy atom. The molecule has 0 bridgehead atoms. The van der Waals surface area contributed by atoms with E-state index >= 15 is 0 Å². The Kier molecular flexibility index (Phi) is 6.39. The highest BCUT2D eigenvalue weighted by molar-refractivity contribution is 5.87. The van der Waals surface area contributed by atoms with E-state index in [0.717, 1.165) is 35.9 Å². The number of nitrogens with zero attached hydrogens (tertiary/aromatic N) is 3. The number of anilines is 1. The molecule has 1 aromatic heterocycles. The van der Waals surface area contributed by atoms with Crippen LogP contribution in [0.5, 0.6) is 0 Å². The highest BCUT2D eigenvalue weighted by atomic mass is 16.6. The minimum absolute atomic E-state index is 0.232. The fourth-order valence-electron chi connectivity index (χ4n) is 5.28. The molecule has 1 fully saturated rings. The zero-order chi connectivity index (χ0) is 24.6. The number of benzene rings is 2. The molecule has 0 unspecified atom stereocenters. The Bertz CT molecular complexity index is 1240. The summed E-state index contributed by atoms with van der Waals surface area (Å²) in [5.41, 5.74) is 7.07. The van der Waals surface area contributed by atoms with Gasteiger partial charge < -0.3 is 15.0 Å². The molecule has 0 atom stereocenters. The SMILES string of the molecule is Cc1nc(NC2CCN(C(=O)OC(C)(C)C)CC2)nc2ccc(-c3cccc4c3CCCC4)cc12. The van der Waals surface area contributed by atoms with E-state index in [1.165, 1.54) is 41.5 Å². The van der Waals surface area contributed by atoms with Crippen molar-refractivity contribution >= 4 is 22.9 Å². The fraction of sp³-hybridized carbons (Fsp3) is 0.483. The summed E-state index contributed by atoms with van der Waals surface area (Å²) in [6, 6.07) is 13.5. The van der Waals surface area contributed by atoms with E-state index < -0.39 is 5.60 Å². The zero-order valence-electron chi connectivity index (χ0n) is 21.4. The van der Waals surface area contributed by atoms with Crippen molar-refractivity contribution in [1.82, 2.24) is 14.9 Å². The van der Waals surface area contributed by atoms with Gasteiger partial charge in [-0.15, -0.1) is 0 Å². The Hall–Kier alpha value is -3.15. The van der Waals surface area contributed by atoms with Crippen LogP contribution in [0.15, 0.2) is 36.4 Å². The van der Waals surface area contributed by atoms with Crippen molar-refractivity contribution in [1.29, 1.82) is 0 Å². The van der Waals surface area contributed by atoms with E-state index in [-0.39, 0.29) is 12.1 Å². The molecule has 1 aliphatic heterocycles. The maximum atomic E-state index is 12.3. The average Bonchev–Trinajstić information content (AvgIpc) is 2.83. The van der Waals surface area contributed by atoms with Gasteiger partial charge in [0.25, 0.3) is 0 Å². The molecule has 6 nitrogen and oxygen atoms in total. The molecule has 184 valence electrons. The Morgan fingerprint density at radius 2 is 1.83 bits per heavy atom. The van der Waals surface area contributed by atoms with E-state index in [1.54, 1.807) is 4.90 Å². The van der Waals surface area contributed by atoms with Gasteiger partial charge in [0.05, 0.1) is 11.2 Å². The predicted octanol–water partition coefficient (Wildman–Crippen LogP) is 6.30. The topological polar surface area (TPSA) is 67.4 Å². The molecule has 0 radical (unpaired) electrons. The molecule has 2 aromatic carbocycles. The first kappa shape index (κ1) is 23.6. The van der Waals surface area contributed by atoms with Crippen LogP contribution in [0.3, 0.4) is 0 Å². The molecular formula is C29H36N4O2. The standard InChI is InChI=1S/C29H36N4O2/c1-19-25-18-21(24-11-7-9-20-8-5-6-10-23(20)24)12-13-26(25)32-27(30-19)31-22-14-16-33(17-15-22)28(34)35-29(2,3)4/h7,9,11-13,18,22H,5-6,8,10,14-17H2,1-4H3,(H,30,31,32). The molecule has 2 heterocycles. The molecule has 2 aliphatic rings. The van der Waals surface area contributed by atoms with Gasteiger partial charge in [-0.2, -0.15) is 0 Å². The van der Waals surface area contributed by atoms with Crippen molar-refractivity contribution in [2.75, 3.05) is 18.4 Å². The molecule has 6 heteroatoms. The Balaban J connectivity index is 1.30. The number of nitrogens with one attached hydrogen (secondary N) is 1. The maximum Gasteiger partial charge on any atom is 0.410 e. The highest BCUT2D eigenvalue weighted by Gasteiger charge is 2.27. The summed E-state index contributed by atoms with van der Waals surface area (Å²) in [4.78, 5) is 23.7. The fourth-order valence-corrected chi connectivity index (χ4v) is 5.28. The molecule has 1 N–H and O–H groups in total. The lowest BCUT2D eigenvalue weighted by Crippen LogP contribution is -2.44. The molecule has 0 saturated carbocycles. The summed E-state index contributed by atoms with van der Waals surface area (Å²) in [5, 5.41) is 4.61. The number of hydrogen-bond donors (Lipinski definition) is 1. The number of hydrogen-bond acceptors (Lipinski definition) is 5. The minimum atomic E-state index is -0.470. The third kappa shape index (κ3) is 5.26. The van der Waals surface area contributed by atoms with Crippen molar-refractivity contribution in [3.63, 3.8) is 0 Å². The number of carbonyl (C=O) groups excluding carboxylic acids is 1. The second-order valence-electron chi connectivity index (χ2n) is 10.9. The van der Waals surface area contributed by atoms with Crippen molar-refractivity contribution < 1.29 is 9.53 Å². The van der Waals surface area contributed by atoms with Gasteiger partial charge in [-0.1, -0.05) is 24.3 Å². The predicted molar refractivity (Wildman–Crippen MR) is 141 cm³/mol. The third-order valence-electron chi connectivity index (χ3n) is 7.07. The molecule has 1 aliphatic carbocycles. The summed E-state index contributed by atoms with van der Waals surface area (Å²) in [7, 11) is 0. The summed E-state index contributed by atoms with van der Waals surface area (Å²) in [5.74, 6) is 0.663. The summed E-state index contributed by atoms with van der Waals surface area (Å²) in [6.07, 6.45) is 6.36. The number of rotatable bonds is 3. The van der Waals surface area contributed by atoms with E-state index in [1.807, 2.05) is 20.8 Å². The quantitative estimate of drug-likeness (QED) is 0.485. The number of fused-ring (bicyclic) bond motifs is 2. The lowest BCUT2D eigenvalue weighted by Gasteiger charge is -2.33. The summed E-state index contributed by atoms with van der Waals surface area (Å²) in [6.45, 7) is 9.10. The van der Waals surface area contributed by atoms with Crippen LogP contribution in [-0.2, 0) is 17.6 Å². The lowest BCUT2D eigenvalue weighted by molar-refractivity contribution is 0.0210. The second-order valence-corrected chi connectivity index (χ2v) is 10.9. The summed E-state index contributed by atoms with van der Waals surface area (Å²) >= 11 is 0. The van der Waals surface area contributed by atoms with Crippen LogP contribution >= 0.6 is 0 Å². The monoisotopic (exact) mass is 472 g/mol. The van der Waals surface area contributed by atoms with E-state index in [2.05, 4.69) is 48.6 Å². The molecule has 1 amide bonds. The van der Waals surface area contributed by atoms with Gasteiger partial charge in [0, 0.05) is 24.5 Å². The normalized spacial score (nSPS) is 16.7. The van der Waals surface area contributed by atoms with Gasteiger partial charge in [-0.05, 0) is 101 Å². The highest BCUT2D eigenvalue weighted by Crippen LogP contribution is 2.33. The number of likely N-dealkylation sites (tertiary alicyclic amines) is 1. The number of amides is 1. The molecule has 5 rings (SSSR count). The first-order valence-corrected chi connectivity index (χ1v) is 12.9. The zero-order valence-corrected chi connectivity index (χ0v) is 21.4. The first-order valence-electron chi connectivity index (χ1n) is 12.9. The largest absolute Gasteiger partial charge is 0.444 e. The summed E-state index contributed by atoms with van der Waals surface area (Å²) < 4.78 is 5.51. The van der Waals surface area contributed by atoms with Crippen LogP contribution in [0.2, 0.25) is 0 Å². The van der Waals surface area contributed by atoms with Crippen LogP contribution < -0.4 is 5.32 Å². The maximum absolute atomic E-state index is 12.3. The van der Waals surface area contributed by atoms with Crippen LogP contribution in [0.4, 0.5) is 10.7 Å². The van der Waals surface area contributed by atoms with Crippen molar-refractivity contribution in [2.24, 2.45) is 0 Å². The number of aromatic nitrogens is 2. The van der Waals surface area contributed by atoms with Crippen molar-refractivity contribution in [3.05, 3.63) is 53.2 Å². The number of carbonyl (C=O) groups is 1. The van der Waals surface area contributed by atoms with Crippen LogP contribution in [0.25, 0.3) is 22.0 Å². The van der Waals surface area contributed by atoms with Gasteiger partial charge in [0.1, 0.15) is 5.60 Å². The minimum Gasteiger partial charge on any atom is -0.444 e. The Morgan fingerprint density at radius 3 is 2.60 bits per heavy atom. The van der Waals surface area contributed by atoms with Crippen molar-refractivity contribution in [2.45, 2.75) is 77.9 Å².